The summed E-state index contributed by atoms with van der Waals surface area (Å²) in [5, 5.41) is 17.2. The van der Waals surface area contributed by atoms with Crippen LogP contribution >= 0.6 is 11.3 Å². The van der Waals surface area contributed by atoms with Gasteiger partial charge in [-0.25, -0.2) is 0 Å². The lowest BCUT2D eigenvalue weighted by atomic mass is 10.2. The van der Waals surface area contributed by atoms with Crippen LogP contribution in [-0.4, -0.2) is 12.2 Å². The van der Waals surface area contributed by atoms with Crippen molar-refractivity contribution in [2.75, 3.05) is 7.11 Å². The summed E-state index contributed by atoms with van der Waals surface area (Å²) < 4.78 is 5.03. The van der Waals surface area contributed by atoms with Crippen molar-refractivity contribution in [1.29, 1.82) is 0 Å². The number of methoxy groups -OCH3 is 1. The Hall–Kier alpha value is -1.52. The van der Waals surface area contributed by atoms with Gasteiger partial charge in [0.15, 0.2) is 0 Å². The summed E-state index contributed by atoms with van der Waals surface area (Å²) in [6.07, 6.45) is 0. The SMILES string of the molecule is COc1ccc(CNCc2ccsc2)c(O)c1. The van der Waals surface area contributed by atoms with E-state index in [0.29, 0.717) is 12.3 Å². The first-order valence-corrected chi connectivity index (χ1v) is 6.31. The molecule has 90 valence electrons. The average Bonchev–Trinajstić information content (AvgIpc) is 2.84. The number of phenols is 1. The number of benzene rings is 1. The van der Waals surface area contributed by atoms with E-state index >= 15 is 0 Å². The summed E-state index contributed by atoms with van der Waals surface area (Å²) in [6.45, 7) is 1.46. The fraction of sp³-hybridized carbons (Fsp3) is 0.231. The molecule has 0 spiro atoms. The predicted octanol–water partition coefficient (Wildman–Crippen LogP) is 2.75. The van der Waals surface area contributed by atoms with Crippen LogP contribution in [0.1, 0.15) is 11.1 Å². The van der Waals surface area contributed by atoms with E-state index in [1.54, 1.807) is 24.5 Å². The molecule has 2 aromatic rings. The number of hydrogen-bond donors (Lipinski definition) is 2. The molecule has 0 amide bonds. The van der Waals surface area contributed by atoms with E-state index in [0.717, 1.165) is 12.1 Å². The standard InChI is InChI=1S/C13H15NO2S/c1-16-12-3-2-11(13(15)6-12)8-14-7-10-4-5-17-9-10/h2-6,9,14-15H,7-8H2,1H3. The molecular formula is C13H15NO2S. The number of hydrogen-bond acceptors (Lipinski definition) is 4. The van der Waals surface area contributed by atoms with Crippen molar-refractivity contribution in [2.24, 2.45) is 0 Å². The fourth-order valence-corrected chi connectivity index (χ4v) is 2.22. The Kier molecular flexibility index (Phi) is 4.01. The highest BCUT2D eigenvalue weighted by molar-refractivity contribution is 7.07. The number of ether oxygens (including phenoxy) is 1. The highest BCUT2D eigenvalue weighted by atomic mass is 32.1. The van der Waals surface area contributed by atoms with Crippen LogP contribution in [0, 0.1) is 0 Å². The molecule has 0 bridgehead atoms. The van der Waals surface area contributed by atoms with E-state index in [9.17, 15) is 5.11 Å². The van der Waals surface area contributed by atoms with Crippen LogP contribution in [-0.2, 0) is 13.1 Å². The second kappa shape index (κ2) is 5.70. The largest absolute Gasteiger partial charge is 0.507 e. The number of thiophene rings is 1. The van der Waals surface area contributed by atoms with E-state index in [2.05, 4.69) is 22.1 Å². The molecule has 0 unspecified atom stereocenters. The molecule has 0 aliphatic carbocycles. The first-order chi connectivity index (χ1) is 8.29. The molecule has 2 N–H and O–H groups in total. The van der Waals surface area contributed by atoms with E-state index < -0.39 is 0 Å². The zero-order chi connectivity index (χ0) is 12.1. The number of nitrogens with one attached hydrogen (secondary N) is 1. The lowest BCUT2D eigenvalue weighted by Gasteiger charge is -2.07. The first kappa shape index (κ1) is 12.0. The van der Waals surface area contributed by atoms with Crippen molar-refractivity contribution in [1.82, 2.24) is 5.32 Å². The number of phenolic OH excluding ortho intramolecular Hbond substituents is 1. The van der Waals surface area contributed by atoms with Crippen molar-refractivity contribution in [2.45, 2.75) is 13.1 Å². The van der Waals surface area contributed by atoms with Crippen molar-refractivity contribution < 1.29 is 9.84 Å². The Morgan fingerprint density at radius 2 is 2.18 bits per heavy atom. The van der Waals surface area contributed by atoms with Crippen LogP contribution in [0.4, 0.5) is 0 Å². The molecule has 0 atom stereocenters. The highest BCUT2D eigenvalue weighted by Gasteiger charge is 2.02. The molecule has 0 aliphatic heterocycles. The third-order valence-corrected chi connectivity index (χ3v) is 3.25. The zero-order valence-electron chi connectivity index (χ0n) is 9.64. The highest BCUT2D eigenvalue weighted by Crippen LogP contribution is 2.23. The maximum absolute atomic E-state index is 9.76. The van der Waals surface area contributed by atoms with Gasteiger partial charge in [-0.2, -0.15) is 11.3 Å². The van der Waals surface area contributed by atoms with Gasteiger partial charge in [0.2, 0.25) is 0 Å². The minimum Gasteiger partial charge on any atom is -0.507 e. The smallest absolute Gasteiger partial charge is 0.123 e. The Bertz CT molecular complexity index is 468. The van der Waals surface area contributed by atoms with Gasteiger partial charge in [0, 0.05) is 24.7 Å². The van der Waals surface area contributed by atoms with Gasteiger partial charge in [-0.3, -0.25) is 0 Å². The zero-order valence-corrected chi connectivity index (χ0v) is 10.5. The maximum atomic E-state index is 9.76. The van der Waals surface area contributed by atoms with Crippen molar-refractivity contribution in [3.8, 4) is 11.5 Å². The Morgan fingerprint density at radius 1 is 1.29 bits per heavy atom. The molecule has 1 heterocycles. The monoisotopic (exact) mass is 249 g/mol. The third kappa shape index (κ3) is 3.22. The van der Waals surface area contributed by atoms with E-state index in [1.807, 2.05) is 12.1 Å². The van der Waals surface area contributed by atoms with Gasteiger partial charge >= 0.3 is 0 Å². The van der Waals surface area contributed by atoms with Crippen molar-refractivity contribution in [3.05, 3.63) is 46.2 Å². The van der Waals surface area contributed by atoms with Crippen LogP contribution in [0.25, 0.3) is 0 Å². The van der Waals surface area contributed by atoms with Crippen LogP contribution in [0.15, 0.2) is 35.0 Å². The van der Waals surface area contributed by atoms with Gasteiger partial charge in [-0.1, -0.05) is 6.07 Å². The second-order valence-corrected chi connectivity index (χ2v) is 4.51. The number of aromatic hydroxyl groups is 1. The molecule has 2 rings (SSSR count). The normalized spacial score (nSPS) is 10.4. The van der Waals surface area contributed by atoms with E-state index in [4.69, 9.17) is 4.74 Å². The summed E-state index contributed by atoms with van der Waals surface area (Å²) in [5.74, 6) is 0.936. The van der Waals surface area contributed by atoms with Crippen LogP contribution in [0.2, 0.25) is 0 Å². The topological polar surface area (TPSA) is 41.5 Å². The molecular weight excluding hydrogens is 234 g/mol. The molecule has 1 aromatic carbocycles. The van der Waals surface area contributed by atoms with Crippen LogP contribution < -0.4 is 10.1 Å². The summed E-state index contributed by atoms with van der Waals surface area (Å²) in [5.41, 5.74) is 2.14. The fourth-order valence-electron chi connectivity index (χ4n) is 1.55. The Labute approximate surface area is 105 Å². The minimum atomic E-state index is 0.266. The molecule has 0 radical (unpaired) electrons. The summed E-state index contributed by atoms with van der Waals surface area (Å²) in [7, 11) is 1.59. The van der Waals surface area contributed by atoms with Crippen LogP contribution in [0.3, 0.4) is 0 Å². The Balaban J connectivity index is 1.90. The van der Waals surface area contributed by atoms with Crippen LogP contribution in [0.5, 0.6) is 11.5 Å². The average molecular weight is 249 g/mol. The molecule has 0 saturated carbocycles. The molecule has 17 heavy (non-hydrogen) atoms. The van der Waals surface area contributed by atoms with Crippen molar-refractivity contribution in [3.63, 3.8) is 0 Å². The second-order valence-electron chi connectivity index (χ2n) is 3.73. The van der Waals surface area contributed by atoms with Gasteiger partial charge in [0.05, 0.1) is 7.11 Å². The first-order valence-electron chi connectivity index (χ1n) is 5.37. The van der Waals surface area contributed by atoms with Gasteiger partial charge in [0.25, 0.3) is 0 Å². The predicted molar refractivity (Wildman–Crippen MR) is 69.5 cm³/mol. The molecule has 0 saturated heterocycles. The summed E-state index contributed by atoms with van der Waals surface area (Å²) in [6, 6.07) is 7.43. The lowest BCUT2D eigenvalue weighted by molar-refractivity contribution is 0.406. The van der Waals surface area contributed by atoms with Gasteiger partial charge in [-0.15, -0.1) is 0 Å². The maximum Gasteiger partial charge on any atom is 0.123 e. The summed E-state index contributed by atoms with van der Waals surface area (Å²) in [4.78, 5) is 0. The molecule has 1 aromatic heterocycles. The van der Waals surface area contributed by atoms with E-state index in [-0.39, 0.29) is 5.75 Å². The lowest BCUT2D eigenvalue weighted by Crippen LogP contribution is -2.12. The molecule has 3 nitrogen and oxygen atoms in total. The quantitative estimate of drug-likeness (QED) is 0.856. The molecule has 4 heteroatoms. The number of rotatable bonds is 5. The van der Waals surface area contributed by atoms with E-state index in [1.165, 1.54) is 5.56 Å². The third-order valence-electron chi connectivity index (χ3n) is 2.52. The molecule has 0 fully saturated rings. The Morgan fingerprint density at radius 3 is 2.82 bits per heavy atom. The van der Waals surface area contributed by atoms with Gasteiger partial charge in [0.1, 0.15) is 11.5 Å². The minimum absolute atomic E-state index is 0.266. The van der Waals surface area contributed by atoms with Gasteiger partial charge in [-0.05, 0) is 28.5 Å². The molecule has 0 aliphatic rings. The summed E-state index contributed by atoms with van der Waals surface area (Å²) >= 11 is 1.69. The van der Waals surface area contributed by atoms with Crippen molar-refractivity contribution >= 4 is 11.3 Å². The van der Waals surface area contributed by atoms with Gasteiger partial charge < -0.3 is 15.2 Å².